The lowest BCUT2D eigenvalue weighted by atomic mass is 10.2. The summed E-state index contributed by atoms with van der Waals surface area (Å²) < 4.78 is 0. The lowest BCUT2D eigenvalue weighted by Crippen LogP contribution is -2.20. The summed E-state index contributed by atoms with van der Waals surface area (Å²) in [6.45, 7) is 2.51. The van der Waals surface area contributed by atoms with Crippen LogP contribution in [-0.2, 0) is 0 Å². The summed E-state index contributed by atoms with van der Waals surface area (Å²) in [6.07, 6.45) is 1.35. The SMILES string of the molecule is CCCC(O)CNc1nc(N)nc2ccccc12. The van der Waals surface area contributed by atoms with E-state index in [1.54, 1.807) is 0 Å². The summed E-state index contributed by atoms with van der Waals surface area (Å²) in [7, 11) is 0. The van der Waals surface area contributed by atoms with Crippen molar-refractivity contribution in [3.8, 4) is 0 Å². The van der Waals surface area contributed by atoms with Gasteiger partial charge in [-0.1, -0.05) is 25.5 Å². The average molecular weight is 246 g/mol. The number of hydrogen-bond acceptors (Lipinski definition) is 5. The first-order chi connectivity index (χ1) is 8.70. The Morgan fingerprint density at radius 3 is 2.89 bits per heavy atom. The van der Waals surface area contributed by atoms with Gasteiger partial charge in [-0.15, -0.1) is 0 Å². The van der Waals surface area contributed by atoms with Crippen LogP contribution in [0, 0.1) is 0 Å². The molecule has 18 heavy (non-hydrogen) atoms. The van der Waals surface area contributed by atoms with Crippen LogP contribution >= 0.6 is 0 Å². The molecule has 1 heterocycles. The van der Waals surface area contributed by atoms with Crippen molar-refractivity contribution in [2.75, 3.05) is 17.6 Å². The molecule has 4 N–H and O–H groups in total. The average Bonchev–Trinajstić information content (AvgIpc) is 2.36. The molecule has 0 amide bonds. The molecule has 2 rings (SSSR count). The van der Waals surface area contributed by atoms with Gasteiger partial charge in [0.05, 0.1) is 11.6 Å². The van der Waals surface area contributed by atoms with Crippen molar-refractivity contribution < 1.29 is 5.11 Å². The van der Waals surface area contributed by atoms with Gasteiger partial charge in [-0.05, 0) is 18.6 Å². The Hall–Kier alpha value is -1.88. The summed E-state index contributed by atoms with van der Waals surface area (Å²) in [5.41, 5.74) is 6.47. The molecule has 1 atom stereocenters. The highest BCUT2D eigenvalue weighted by Gasteiger charge is 2.07. The van der Waals surface area contributed by atoms with E-state index in [1.807, 2.05) is 31.2 Å². The summed E-state index contributed by atoms with van der Waals surface area (Å²) in [6, 6.07) is 7.66. The number of hydrogen-bond donors (Lipinski definition) is 3. The van der Waals surface area contributed by atoms with Crippen LogP contribution in [0.2, 0.25) is 0 Å². The largest absolute Gasteiger partial charge is 0.391 e. The molecule has 0 bridgehead atoms. The second-order valence-corrected chi connectivity index (χ2v) is 4.27. The zero-order chi connectivity index (χ0) is 13.0. The Morgan fingerprint density at radius 1 is 1.33 bits per heavy atom. The Balaban J connectivity index is 2.21. The van der Waals surface area contributed by atoms with Crippen LogP contribution in [0.25, 0.3) is 10.9 Å². The van der Waals surface area contributed by atoms with Crippen molar-refractivity contribution in [1.29, 1.82) is 0 Å². The van der Waals surface area contributed by atoms with Gasteiger partial charge in [0.1, 0.15) is 5.82 Å². The molecular formula is C13H18N4O. The van der Waals surface area contributed by atoms with Gasteiger partial charge >= 0.3 is 0 Å². The fourth-order valence-corrected chi connectivity index (χ4v) is 1.88. The summed E-state index contributed by atoms with van der Waals surface area (Å²) in [5.74, 6) is 0.912. The molecule has 0 fully saturated rings. The molecule has 5 heteroatoms. The number of nitrogen functional groups attached to an aromatic ring is 1. The summed E-state index contributed by atoms with van der Waals surface area (Å²) in [4.78, 5) is 8.34. The third-order valence-electron chi connectivity index (χ3n) is 2.75. The van der Waals surface area contributed by atoms with Crippen LogP contribution in [-0.4, -0.2) is 27.7 Å². The number of rotatable bonds is 5. The molecule has 2 aromatic rings. The van der Waals surface area contributed by atoms with Crippen LogP contribution in [0.1, 0.15) is 19.8 Å². The normalized spacial score (nSPS) is 12.6. The Labute approximate surface area is 106 Å². The van der Waals surface area contributed by atoms with Gasteiger partial charge < -0.3 is 16.2 Å². The molecule has 0 spiro atoms. The summed E-state index contributed by atoms with van der Waals surface area (Å²) >= 11 is 0. The van der Waals surface area contributed by atoms with E-state index in [9.17, 15) is 5.11 Å². The van der Waals surface area contributed by atoms with E-state index < -0.39 is 0 Å². The first-order valence-corrected chi connectivity index (χ1v) is 6.15. The van der Waals surface area contributed by atoms with Crippen molar-refractivity contribution in [1.82, 2.24) is 9.97 Å². The third-order valence-corrected chi connectivity index (χ3v) is 2.75. The Kier molecular flexibility index (Phi) is 3.94. The molecule has 0 saturated heterocycles. The van der Waals surface area contributed by atoms with E-state index in [2.05, 4.69) is 15.3 Å². The van der Waals surface area contributed by atoms with Crippen molar-refractivity contribution in [2.24, 2.45) is 0 Å². The maximum Gasteiger partial charge on any atom is 0.222 e. The van der Waals surface area contributed by atoms with Gasteiger partial charge in [-0.2, -0.15) is 4.98 Å². The highest BCUT2D eigenvalue weighted by Crippen LogP contribution is 2.20. The van der Waals surface area contributed by atoms with Gasteiger partial charge in [0.25, 0.3) is 0 Å². The van der Waals surface area contributed by atoms with Crippen LogP contribution in [0.3, 0.4) is 0 Å². The van der Waals surface area contributed by atoms with E-state index >= 15 is 0 Å². The second-order valence-electron chi connectivity index (χ2n) is 4.27. The molecule has 1 unspecified atom stereocenters. The van der Waals surface area contributed by atoms with Crippen LogP contribution in [0.5, 0.6) is 0 Å². The molecule has 0 aliphatic carbocycles. The number of nitrogens with zero attached hydrogens (tertiary/aromatic N) is 2. The minimum absolute atomic E-state index is 0.237. The number of nitrogens with one attached hydrogen (secondary N) is 1. The maximum absolute atomic E-state index is 9.71. The molecule has 0 aliphatic rings. The van der Waals surface area contributed by atoms with Gasteiger partial charge in [0.2, 0.25) is 5.95 Å². The Morgan fingerprint density at radius 2 is 2.11 bits per heavy atom. The molecule has 0 saturated carbocycles. The van der Waals surface area contributed by atoms with Gasteiger partial charge in [-0.3, -0.25) is 0 Å². The molecule has 5 nitrogen and oxygen atoms in total. The van der Waals surface area contributed by atoms with Crippen molar-refractivity contribution in [2.45, 2.75) is 25.9 Å². The van der Waals surface area contributed by atoms with Crippen LogP contribution in [0.4, 0.5) is 11.8 Å². The van der Waals surface area contributed by atoms with Gasteiger partial charge in [0, 0.05) is 11.9 Å². The maximum atomic E-state index is 9.71. The molecule has 0 radical (unpaired) electrons. The van der Waals surface area contributed by atoms with Crippen molar-refractivity contribution in [3.05, 3.63) is 24.3 Å². The second kappa shape index (κ2) is 5.64. The predicted molar refractivity (Wildman–Crippen MR) is 73.4 cm³/mol. The summed E-state index contributed by atoms with van der Waals surface area (Å²) in [5, 5.41) is 13.8. The number of nitrogens with two attached hydrogens (primary N) is 1. The van der Waals surface area contributed by atoms with E-state index in [-0.39, 0.29) is 12.1 Å². The molecule has 96 valence electrons. The Bertz CT molecular complexity index is 529. The quantitative estimate of drug-likeness (QED) is 0.749. The van der Waals surface area contributed by atoms with Crippen molar-refractivity contribution >= 4 is 22.7 Å². The number of para-hydroxylation sites is 1. The van der Waals surface area contributed by atoms with E-state index in [0.29, 0.717) is 12.4 Å². The number of fused-ring (bicyclic) bond motifs is 1. The number of aliphatic hydroxyl groups is 1. The van der Waals surface area contributed by atoms with Crippen molar-refractivity contribution in [3.63, 3.8) is 0 Å². The molecule has 0 aliphatic heterocycles. The highest BCUT2D eigenvalue weighted by molar-refractivity contribution is 5.89. The number of anilines is 2. The van der Waals surface area contributed by atoms with Crippen LogP contribution < -0.4 is 11.1 Å². The molecule has 1 aromatic heterocycles. The monoisotopic (exact) mass is 246 g/mol. The fourth-order valence-electron chi connectivity index (χ4n) is 1.88. The zero-order valence-electron chi connectivity index (χ0n) is 10.4. The van der Waals surface area contributed by atoms with Gasteiger partial charge in [-0.25, -0.2) is 4.98 Å². The topological polar surface area (TPSA) is 84.1 Å². The zero-order valence-corrected chi connectivity index (χ0v) is 10.4. The van der Waals surface area contributed by atoms with E-state index in [0.717, 1.165) is 23.7 Å². The first kappa shape index (κ1) is 12.6. The first-order valence-electron chi connectivity index (χ1n) is 6.15. The van der Waals surface area contributed by atoms with E-state index in [1.165, 1.54) is 0 Å². The smallest absolute Gasteiger partial charge is 0.222 e. The van der Waals surface area contributed by atoms with Gasteiger partial charge in [0.15, 0.2) is 0 Å². The number of benzene rings is 1. The third kappa shape index (κ3) is 2.87. The number of aromatic nitrogens is 2. The standard InChI is InChI=1S/C13H18N4O/c1-2-5-9(18)8-15-12-10-6-3-4-7-11(10)16-13(14)17-12/h3-4,6-7,9,18H,2,5,8H2,1H3,(H3,14,15,16,17). The van der Waals surface area contributed by atoms with Crippen LogP contribution in [0.15, 0.2) is 24.3 Å². The fraction of sp³-hybridized carbons (Fsp3) is 0.385. The lowest BCUT2D eigenvalue weighted by Gasteiger charge is -2.13. The van der Waals surface area contributed by atoms with E-state index in [4.69, 9.17) is 5.73 Å². The highest BCUT2D eigenvalue weighted by atomic mass is 16.3. The predicted octanol–water partition coefficient (Wildman–Crippen LogP) is 1.78. The molecule has 1 aromatic carbocycles. The minimum atomic E-state index is -0.370. The minimum Gasteiger partial charge on any atom is -0.391 e. The number of aliphatic hydroxyl groups excluding tert-OH is 1. The lowest BCUT2D eigenvalue weighted by molar-refractivity contribution is 0.176. The molecular weight excluding hydrogens is 228 g/mol.